The second-order valence-electron chi connectivity index (χ2n) is 7.50. The third-order valence-electron chi connectivity index (χ3n) is 5.04. The zero-order valence-corrected chi connectivity index (χ0v) is 19.3. The molecule has 3 N–H and O–H groups in total. The Morgan fingerprint density at radius 3 is 2.71 bits per heavy atom. The first-order chi connectivity index (χ1) is 16.1. The first-order valence-electron chi connectivity index (χ1n) is 10.6. The number of amidine groups is 1. The van der Waals surface area contributed by atoms with E-state index in [0.717, 1.165) is 16.7 Å². The van der Waals surface area contributed by atoms with Crippen LogP contribution in [0.5, 0.6) is 0 Å². The topological polar surface area (TPSA) is 125 Å². The molecule has 1 atom stereocenters. The molecule has 1 aromatic rings. The second-order valence-corrected chi connectivity index (χ2v) is 8.35. The molecule has 3 rings (SSSR count). The Morgan fingerprint density at radius 2 is 2.09 bits per heavy atom. The van der Waals surface area contributed by atoms with Crippen LogP contribution >= 0.6 is 11.3 Å². The van der Waals surface area contributed by atoms with Gasteiger partial charge >= 0.3 is 18.2 Å². The fourth-order valence-electron chi connectivity index (χ4n) is 3.46. The summed E-state index contributed by atoms with van der Waals surface area (Å²) in [5.41, 5.74) is 0.0231. The molecule has 34 heavy (non-hydrogen) atoms. The predicted octanol–water partition coefficient (Wildman–Crippen LogP) is 3.85. The molecule has 2 aliphatic heterocycles. The number of aliphatic imine (C=N–C) groups is 2. The minimum atomic E-state index is -4.61. The minimum absolute atomic E-state index is 0.0148. The predicted molar refractivity (Wildman–Crippen MR) is 121 cm³/mol. The summed E-state index contributed by atoms with van der Waals surface area (Å²) in [4.78, 5) is 35.9. The van der Waals surface area contributed by atoms with Crippen LogP contribution in [0.2, 0.25) is 0 Å². The summed E-state index contributed by atoms with van der Waals surface area (Å²) >= 11 is 0.824. The van der Waals surface area contributed by atoms with E-state index in [4.69, 9.17) is 4.74 Å². The Morgan fingerprint density at radius 1 is 1.32 bits per heavy atom. The first kappa shape index (κ1) is 25.4. The van der Waals surface area contributed by atoms with Crippen molar-refractivity contribution >= 4 is 40.6 Å². The number of hydrogen-bond donors (Lipinski definition) is 3. The number of ether oxygens (including phenoxy) is 1. The lowest BCUT2D eigenvalue weighted by atomic mass is 9.85. The van der Waals surface area contributed by atoms with Crippen LogP contribution in [-0.4, -0.2) is 53.5 Å². The zero-order valence-electron chi connectivity index (χ0n) is 18.5. The fourth-order valence-corrected chi connectivity index (χ4v) is 4.37. The Labute approximate surface area is 197 Å². The van der Waals surface area contributed by atoms with Crippen molar-refractivity contribution in [3.8, 4) is 0 Å². The van der Waals surface area contributed by atoms with Crippen LogP contribution < -0.4 is 10.6 Å². The molecule has 3 heterocycles. The van der Waals surface area contributed by atoms with Crippen molar-refractivity contribution in [1.82, 2.24) is 15.6 Å². The van der Waals surface area contributed by atoms with E-state index < -0.39 is 29.8 Å². The van der Waals surface area contributed by atoms with Gasteiger partial charge in [-0.25, -0.2) is 19.6 Å². The molecular weight excluding hydrogens is 475 g/mol. The Kier molecular flexibility index (Phi) is 8.07. The summed E-state index contributed by atoms with van der Waals surface area (Å²) in [6.45, 7) is 4.39. The molecule has 0 fully saturated rings. The van der Waals surface area contributed by atoms with Crippen LogP contribution in [0.4, 0.5) is 18.0 Å². The summed E-state index contributed by atoms with van der Waals surface area (Å²) in [7, 11) is 0. The lowest BCUT2D eigenvalue weighted by molar-refractivity contribution is -0.140. The number of carboxylic acid groups (broad SMARTS) is 1. The number of nitrogens with one attached hydrogen (secondary N) is 2. The molecule has 0 bridgehead atoms. The molecule has 0 aliphatic carbocycles. The average Bonchev–Trinajstić information content (AvgIpc) is 3.28. The highest BCUT2D eigenvalue weighted by molar-refractivity contribution is 7.10. The van der Waals surface area contributed by atoms with Gasteiger partial charge in [0.1, 0.15) is 10.8 Å². The maximum absolute atomic E-state index is 13.2. The Bertz CT molecular complexity index is 1070. The SMILES string of the molecule is CCCOC1=NC=C(C(=O)O)CC1C1=C(c2nc(C(F)(F)F)cs2)CC(NC(=O)NCC)=NC1. The van der Waals surface area contributed by atoms with Crippen LogP contribution in [0.25, 0.3) is 5.57 Å². The van der Waals surface area contributed by atoms with Crippen molar-refractivity contribution in [2.75, 3.05) is 19.7 Å². The lowest BCUT2D eigenvalue weighted by Gasteiger charge is -2.29. The van der Waals surface area contributed by atoms with Crippen LogP contribution in [-0.2, 0) is 15.7 Å². The second kappa shape index (κ2) is 10.8. The van der Waals surface area contributed by atoms with Gasteiger partial charge in [0.15, 0.2) is 11.6 Å². The molecule has 0 spiro atoms. The molecule has 184 valence electrons. The van der Waals surface area contributed by atoms with Crippen LogP contribution in [0.1, 0.15) is 43.8 Å². The number of alkyl halides is 3. The number of nitrogens with zero attached hydrogens (tertiary/aromatic N) is 3. The van der Waals surface area contributed by atoms with Gasteiger partial charge < -0.3 is 15.2 Å². The van der Waals surface area contributed by atoms with Gasteiger partial charge in [0, 0.05) is 24.5 Å². The van der Waals surface area contributed by atoms with E-state index in [1.165, 1.54) is 6.20 Å². The van der Waals surface area contributed by atoms with Crippen LogP contribution in [0.3, 0.4) is 0 Å². The normalized spacial score (nSPS) is 18.6. The van der Waals surface area contributed by atoms with Gasteiger partial charge in [-0.05, 0) is 30.9 Å². The number of dihydropyridines is 1. The minimum Gasteiger partial charge on any atom is -0.480 e. The summed E-state index contributed by atoms with van der Waals surface area (Å²) in [6, 6.07) is -0.485. The summed E-state index contributed by atoms with van der Waals surface area (Å²) < 4.78 is 45.4. The van der Waals surface area contributed by atoms with Gasteiger partial charge in [-0.2, -0.15) is 13.2 Å². The van der Waals surface area contributed by atoms with Gasteiger partial charge in [-0.15, -0.1) is 11.3 Å². The number of aliphatic carboxylic acids is 1. The van der Waals surface area contributed by atoms with E-state index in [-0.39, 0.29) is 41.7 Å². The maximum atomic E-state index is 13.2. The first-order valence-corrected chi connectivity index (χ1v) is 11.5. The molecule has 13 heteroatoms. The largest absolute Gasteiger partial charge is 0.480 e. The highest BCUT2D eigenvalue weighted by atomic mass is 32.1. The quantitative estimate of drug-likeness (QED) is 0.548. The van der Waals surface area contributed by atoms with E-state index in [1.54, 1.807) is 6.92 Å². The maximum Gasteiger partial charge on any atom is 0.434 e. The number of hydrogen-bond acceptors (Lipinski definition) is 7. The molecular formula is C21H24F3N5O4S. The summed E-state index contributed by atoms with van der Waals surface area (Å²) in [5.74, 6) is -1.23. The van der Waals surface area contributed by atoms with E-state index in [1.807, 2.05) is 6.92 Å². The monoisotopic (exact) mass is 499 g/mol. The third kappa shape index (κ3) is 6.01. The number of carbonyl (C=O) groups excluding carboxylic acids is 1. The van der Waals surface area contributed by atoms with Gasteiger partial charge in [-0.3, -0.25) is 10.3 Å². The number of amides is 2. The fraction of sp³-hybridized carbons (Fsp3) is 0.476. The molecule has 0 radical (unpaired) electrons. The number of carboxylic acids is 1. The zero-order chi connectivity index (χ0) is 24.9. The van der Waals surface area contributed by atoms with Gasteiger partial charge in [-0.1, -0.05) is 6.92 Å². The third-order valence-corrected chi connectivity index (χ3v) is 5.94. The Hall–Kier alpha value is -3.22. The van der Waals surface area contributed by atoms with Gasteiger partial charge in [0.05, 0.1) is 24.6 Å². The van der Waals surface area contributed by atoms with Crippen molar-refractivity contribution in [2.24, 2.45) is 15.9 Å². The summed E-state index contributed by atoms with van der Waals surface area (Å²) in [6.07, 6.45) is -2.64. The van der Waals surface area contributed by atoms with Crippen molar-refractivity contribution in [3.05, 3.63) is 33.4 Å². The molecule has 0 saturated heterocycles. The number of aromatic nitrogens is 1. The number of rotatable bonds is 6. The molecule has 1 aromatic heterocycles. The van der Waals surface area contributed by atoms with Gasteiger partial charge in [0.25, 0.3) is 0 Å². The van der Waals surface area contributed by atoms with Gasteiger partial charge in [0.2, 0.25) is 0 Å². The van der Waals surface area contributed by atoms with E-state index in [9.17, 15) is 27.9 Å². The average molecular weight is 500 g/mol. The molecule has 0 aromatic carbocycles. The smallest absolute Gasteiger partial charge is 0.434 e. The van der Waals surface area contributed by atoms with Crippen molar-refractivity contribution in [3.63, 3.8) is 0 Å². The van der Waals surface area contributed by atoms with Crippen molar-refractivity contribution in [1.29, 1.82) is 0 Å². The molecule has 9 nitrogen and oxygen atoms in total. The molecule has 1 unspecified atom stereocenters. The van der Waals surface area contributed by atoms with Crippen LogP contribution in [0.15, 0.2) is 32.7 Å². The highest BCUT2D eigenvalue weighted by Crippen LogP contribution is 2.39. The van der Waals surface area contributed by atoms with E-state index in [2.05, 4.69) is 25.6 Å². The van der Waals surface area contributed by atoms with Crippen molar-refractivity contribution < 1.29 is 32.6 Å². The Balaban J connectivity index is 2.02. The lowest BCUT2D eigenvalue weighted by Crippen LogP contribution is -2.40. The molecule has 2 aliphatic rings. The summed E-state index contributed by atoms with van der Waals surface area (Å²) in [5, 5.41) is 15.7. The molecule has 0 saturated carbocycles. The van der Waals surface area contributed by atoms with E-state index in [0.29, 0.717) is 30.7 Å². The highest BCUT2D eigenvalue weighted by Gasteiger charge is 2.37. The number of thiazole rings is 1. The van der Waals surface area contributed by atoms with Crippen molar-refractivity contribution in [2.45, 2.75) is 39.3 Å². The number of carbonyl (C=O) groups is 2. The molecule has 2 amide bonds. The number of halogens is 3. The van der Waals surface area contributed by atoms with E-state index >= 15 is 0 Å². The number of urea groups is 1. The standard InChI is InChI=1S/C21H24F3N5O4S/c1-3-5-33-17-12(6-11(8-27-17)19(30)31)14-9-26-16(29-20(32)25-4-2)7-13(14)18-28-15(10-34-18)21(22,23)24/h8,10,12H,3-7,9H2,1-2H3,(H,30,31)(H2,25,26,29,32). The van der Waals surface area contributed by atoms with Crippen LogP contribution in [0, 0.1) is 5.92 Å².